The number of hydrogen-bond acceptors (Lipinski definition) is 4. The average Bonchev–Trinajstić information content (AvgIpc) is 3.09. The van der Waals surface area contributed by atoms with E-state index < -0.39 is 0 Å². The first-order valence-electron chi connectivity index (χ1n) is 10.8. The number of nitrogens with one attached hydrogen (secondary N) is 1. The minimum atomic E-state index is -0.0254. The van der Waals surface area contributed by atoms with Crippen LogP contribution in [0.25, 0.3) is 11.0 Å². The summed E-state index contributed by atoms with van der Waals surface area (Å²) in [6.45, 7) is 5.95. The number of carbonyl (C=O) groups excluding carboxylic acids is 2. The fourth-order valence-corrected chi connectivity index (χ4v) is 4.08. The van der Waals surface area contributed by atoms with Crippen LogP contribution in [-0.2, 0) is 11.3 Å². The summed E-state index contributed by atoms with van der Waals surface area (Å²) in [5, 5.41) is 3.13. The quantitative estimate of drug-likeness (QED) is 0.665. The second-order valence-electron chi connectivity index (χ2n) is 7.83. The number of nitrogens with zero attached hydrogens (tertiary/aromatic N) is 3. The number of aryl methyl sites for hydroxylation is 1. The Hall–Kier alpha value is -3.35. The number of carbonyl (C=O) groups is 2. The molecule has 1 aliphatic rings. The molecule has 3 aromatic rings. The van der Waals surface area contributed by atoms with Crippen molar-refractivity contribution in [3.63, 3.8) is 0 Å². The highest BCUT2D eigenvalue weighted by atomic mass is 16.5. The van der Waals surface area contributed by atoms with Gasteiger partial charge in [-0.2, -0.15) is 0 Å². The molecule has 31 heavy (non-hydrogen) atoms. The van der Waals surface area contributed by atoms with Crippen molar-refractivity contribution < 1.29 is 14.3 Å². The molecule has 162 valence electrons. The summed E-state index contributed by atoms with van der Waals surface area (Å²) in [5.74, 6) is 1.59. The third-order valence-corrected chi connectivity index (χ3v) is 5.71. The molecule has 1 N–H and O–H groups in total. The molecule has 7 heteroatoms. The Bertz CT molecular complexity index is 1070. The number of piperidine rings is 1. The number of rotatable bonds is 6. The van der Waals surface area contributed by atoms with Gasteiger partial charge in [-0.1, -0.05) is 12.1 Å². The summed E-state index contributed by atoms with van der Waals surface area (Å²) in [4.78, 5) is 31.8. The van der Waals surface area contributed by atoms with Crippen molar-refractivity contribution in [3.05, 3.63) is 59.9 Å². The first kappa shape index (κ1) is 20.9. The van der Waals surface area contributed by atoms with Crippen LogP contribution in [0.4, 0.5) is 0 Å². The molecule has 0 aliphatic carbocycles. The van der Waals surface area contributed by atoms with Crippen molar-refractivity contribution >= 4 is 22.8 Å². The molecule has 0 unspecified atom stereocenters. The standard InChI is InChI=1S/C24H28N4O3/c1-3-31-20-10-8-18(9-11-20)24(30)27-14-12-19(13-15-27)26-23(29)16-28-17(2)25-21-6-4-5-7-22(21)28/h4-11,19H,3,12-16H2,1-2H3,(H,26,29). The van der Waals surface area contributed by atoms with Crippen molar-refractivity contribution in [3.8, 4) is 5.75 Å². The Morgan fingerprint density at radius 2 is 1.81 bits per heavy atom. The maximum Gasteiger partial charge on any atom is 0.253 e. The normalized spacial score (nSPS) is 14.6. The fraction of sp³-hybridized carbons (Fsp3) is 0.375. The van der Waals surface area contributed by atoms with Gasteiger partial charge in [-0.05, 0) is 63.1 Å². The number of ether oxygens (including phenoxy) is 1. The number of benzene rings is 2. The Morgan fingerprint density at radius 1 is 1.10 bits per heavy atom. The van der Waals surface area contributed by atoms with Gasteiger partial charge in [0.05, 0.1) is 17.6 Å². The zero-order valence-corrected chi connectivity index (χ0v) is 18.0. The van der Waals surface area contributed by atoms with Gasteiger partial charge in [-0.25, -0.2) is 4.98 Å². The maximum atomic E-state index is 12.8. The molecule has 1 fully saturated rings. The monoisotopic (exact) mass is 420 g/mol. The number of likely N-dealkylation sites (tertiary alicyclic amines) is 1. The maximum absolute atomic E-state index is 12.8. The summed E-state index contributed by atoms with van der Waals surface area (Å²) in [7, 11) is 0. The predicted octanol–water partition coefficient (Wildman–Crippen LogP) is 3.16. The van der Waals surface area contributed by atoms with E-state index in [4.69, 9.17) is 4.74 Å². The molecule has 0 saturated carbocycles. The van der Waals surface area contributed by atoms with Crippen LogP contribution in [0.2, 0.25) is 0 Å². The van der Waals surface area contributed by atoms with Crippen LogP contribution in [0.5, 0.6) is 5.75 Å². The zero-order valence-electron chi connectivity index (χ0n) is 18.0. The van der Waals surface area contributed by atoms with E-state index >= 15 is 0 Å². The lowest BCUT2D eigenvalue weighted by atomic mass is 10.0. The number of para-hydroxylation sites is 2. The highest BCUT2D eigenvalue weighted by Gasteiger charge is 2.25. The van der Waals surface area contributed by atoms with E-state index in [1.54, 1.807) is 12.1 Å². The van der Waals surface area contributed by atoms with Crippen molar-refractivity contribution in [1.29, 1.82) is 0 Å². The topological polar surface area (TPSA) is 76.5 Å². The Morgan fingerprint density at radius 3 is 2.52 bits per heavy atom. The summed E-state index contributed by atoms with van der Waals surface area (Å²) < 4.78 is 7.37. The minimum absolute atomic E-state index is 0.0216. The Balaban J connectivity index is 1.30. The first-order chi connectivity index (χ1) is 15.0. The molecule has 2 aromatic carbocycles. The molecule has 0 bridgehead atoms. The molecular formula is C24H28N4O3. The Labute approximate surface area is 182 Å². The lowest BCUT2D eigenvalue weighted by molar-refractivity contribution is -0.122. The van der Waals surface area contributed by atoms with Crippen LogP contribution in [0.15, 0.2) is 48.5 Å². The number of imidazole rings is 1. The van der Waals surface area contributed by atoms with Crippen LogP contribution in [0, 0.1) is 6.92 Å². The molecule has 0 atom stereocenters. The number of fused-ring (bicyclic) bond motifs is 1. The van der Waals surface area contributed by atoms with E-state index in [1.165, 1.54) is 0 Å². The first-order valence-corrected chi connectivity index (χ1v) is 10.8. The Kier molecular flexibility index (Phi) is 6.21. The van der Waals surface area contributed by atoms with Crippen LogP contribution < -0.4 is 10.1 Å². The second kappa shape index (κ2) is 9.20. The molecule has 1 aromatic heterocycles. The molecule has 4 rings (SSSR count). The average molecular weight is 421 g/mol. The van der Waals surface area contributed by atoms with Crippen LogP contribution in [0.1, 0.15) is 35.9 Å². The third-order valence-electron chi connectivity index (χ3n) is 5.71. The van der Waals surface area contributed by atoms with E-state index in [0.29, 0.717) is 25.3 Å². The van der Waals surface area contributed by atoms with Crippen molar-refractivity contribution in [2.24, 2.45) is 0 Å². The van der Waals surface area contributed by atoms with Crippen molar-refractivity contribution in [2.75, 3.05) is 19.7 Å². The molecule has 1 aliphatic heterocycles. The molecule has 2 heterocycles. The minimum Gasteiger partial charge on any atom is -0.494 e. The lowest BCUT2D eigenvalue weighted by Crippen LogP contribution is -2.47. The van der Waals surface area contributed by atoms with E-state index in [0.717, 1.165) is 35.4 Å². The number of aromatic nitrogens is 2. The lowest BCUT2D eigenvalue weighted by Gasteiger charge is -2.32. The summed E-state index contributed by atoms with van der Waals surface area (Å²) in [6, 6.07) is 15.2. The van der Waals surface area contributed by atoms with Gasteiger partial charge < -0.3 is 19.5 Å². The van der Waals surface area contributed by atoms with Crippen molar-refractivity contribution in [2.45, 2.75) is 39.3 Å². The van der Waals surface area contributed by atoms with E-state index in [-0.39, 0.29) is 24.4 Å². The SMILES string of the molecule is CCOc1ccc(C(=O)N2CCC(NC(=O)Cn3c(C)nc4ccccc43)CC2)cc1. The van der Waals surface area contributed by atoms with Gasteiger partial charge in [0.25, 0.3) is 5.91 Å². The van der Waals surface area contributed by atoms with Crippen LogP contribution in [0.3, 0.4) is 0 Å². The van der Waals surface area contributed by atoms with Gasteiger partial charge in [-0.3, -0.25) is 9.59 Å². The van der Waals surface area contributed by atoms with E-state index in [9.17, 15) is 9.59 Å². The summed E-state index contributed by atoms with van der Waals surface area (Å²) >= 11 is 0. The molecule has 7 nitrogen and oxygen atoms in total. The van der Waals surface area contributed by atoms with Gasteiger partial charge >= 0.3 is 0 Å². The second-order valence-corrected chi connectivity index (χ2v) is 7.83. The highest BCUT2D eigenvalue weighted by Crippen LogP contribution is 2.18. The van der Waals surface area contributed by atoms with Crippen LogP contribution >= 0.6 is 0 Å². The van der Waals surface area contributed by atoms with Crippen LogP contribution in [-0.4, -0.2) is 52.0 Å². The van der Waals surface area contributed by atoms with Gasteiger partial charge in [0, 0.05) is 24.7 Å². The fourth-order valence-electron chi connectivity index (χ4n) is 4.08. The summed E-state index contributed by atoms with van der Waals surface area (Å²) in [5.41, 5.74) is 2.52. The number of hydrogen-bond donors (Lipinski definition) is 1. The molecular weight excluding hydrogens is 392 g/mol. The summed E-state index contributed by atoms with van der Waals surface area (Å²) in [6.07, 6.45) is 1.50. The molecule has 1 saturated heterocycles. The zero-order chi connectivity index (χ0) is 21.8. The molecule has 0 spiro atoms. The predicted molar refractivity (Wildman–Crippen MR) is 119 cm³/mol. The van der Waals surface area contributed by atoms with Gasteiger partial charge in [0.2, 0.25) is 5.91 Å². The van der Waals surface area contributed by atoms with E-state index in [1.807, 2.05) is 59.7 Å². The van der Waals surface area contributed by atoms with Crippen molar-refractivity contribution in [1.82, 2.24) is 19.8 Å². The molecule has 2 amide bonds. The smallest absolute Gasteiger partial charge is 0.253 e. The largest absolute Gasteiger partial charge is 0.494 e. The number of amides is 2. The van der Waals surface area contributed by atoms with Gasteiger partial charge in [0.1, 0.15) is 18.1 Å². The third kappa shape index (κ3) is 4.71. The van der Waals surface area contributed by atoms with Gasteiger partial charge in [-0.15, -0.1) is 0 Å². The van der Waals surface area contributed by atoms with Gasteiger partial charge in [0.15, 0.2) is 0 Å². The molecule has 0 radical (unpaired) electrons. The highest BCUT2D eigenvalue weighted by molar-refractivity contribution is 5.94. The van der Waals surface area contributed by atoms with E-state index in [2.05, 4.69) is 10.3 Å².